The van der Waals surface area contributed by atoms with Crippen LogP contribution in [-0.4, -0.2) is 26.0 Å². The van der Waals surface area contributed by atoms with Crippen molar-refractivity contribution in [1.82, 2.24) is 15.0 Å². The van der Waals surface area contributed by atoms with Crippen molar-refractivity contribution in [2.75, 3.05) is 5.32 Å². The van der Waals surface area contributed by atoms with Gasteiger partial charge in [0.05, 0.1) is 11.3 Å². The first-order chi connectivity index (χ1) is 11.1. The molecular weight excluding hydrogens is 292 g/mol. The van der Waals surface area contributed by atoms with Crippen LogP contribution in [0.3, 0.4) is 0 Å². The normalized spacial score (nSPS) is 10.3. The van der Waals surface area contributed by atoms with Crippen LogP contribution in [0.2, 0.25) is 0 Å². The Balaban J connectivity index is 1.87. The number of nitrogens with zero attached hydrogens (tertiary/aromatic N) is 3. The third-order valence-corrected chi connectivity index (χ3v) is 3.30. The quantitative estimate of drug-likeness (QED) is 0.769. The van der Waals surface area contributed by atoms with Crippen molar-refractivity contribution in [2.45, 2.75) is 6.92 Å². The van der Waals surface area contributed by atoms with E-state index in [9.17, 15) is 9.90 Å². The summed E-state index contributed by atoms with van der Waals surface area (Å²) in [4.78, 5) is 23.8. The maximum Gasteiger partial charge on any atom is 0.337 e. The first-order valence-electron chi connectivity index (χ1n) is 6.97. The van der Waals surface area contributed by atoms with Gasteiger partial charge in [0.15, 0.2) is 0 Å². The summed E-state index contributed by atoms with van der Waals surface area (Å²) < 4.78 is 0. The summed E-state index contributed by atoms with van der Waals surface area (Å²) >= 11 is 0. The van der Waals surface area contributed by atoms with Gasteiger partial charge >= 0.3 is 5.97 Å². The summed E-state index contributed by atoms with van der Waals surface area (Å²) in [6.07, 6.45) is 6.77. The van der Waals surface area contributed by atoms with Gasteiger partial charge < -0.3 is 10.4 Å². The van der Waals surface area contributed by atoms with Gasteiger partial charge in [0.1, 0.15) is 0 Å². The Labute approximate surface area is 132 Å². The molecule has 0 fully saturated rings. The highest BCUT2D eigenvalue weighted by Gasteiger charge is 2.11. The van der Waals surface area contributed by atoms with Crippen molar-refractivity contribution in [3.8, 4) is 11.1 Å². The number of nitrogens with one attached hydrogen (secondary N) is 1. The lowest BCUT2D eigenvalue weighted by atomic mass is 10.1. The number of rotatable bonds is 4. The Hall–Kier alpha value is -3.28. The topological polar surface area (TPSA) is 88.0 Å². The summed E-state index contributed by atoms with van der Waals surface area (Å²) in [6, 6.07) is 8.82. The van der Waals surface area contributed by atoms with Crippen LogP contribution in [0.25, 0.3) is 11.1 Å². The minimum absolute atomic E-state index is 0.176. The number of carbonyl (C=O) groups is 1. The highest BCUT2D eigenvalue weighted by atomic mass is 16.4. The van der Waals surface area contributed by atoms with E-state index >= 15 is 0 Å². The van der Waals surface area contributed by atoms with Crippen LogP contribution in [0.15, 0.2) is 55.1 Å². The maximum absolute atomic E-state index is 11.3. The number of hydrogen-bond acceptors (Lipinski definition) is 5. The molecule has 3 aromatic rings. The van der Waals surface area contributed by atoms with Gasteiger partial charge in [-0.1, -0.05) is 12.1 Å². The van der Waals surface area contributed by atoms with Crippen molar-refractivity contribution in [1.29, 1.82) is 0 Å². The van der Waals surface area contributed by atoms with E-state index in [2.05, 4.69) is 20.3 Å². The van der Waals surface area contributed by atoms with E-state index in [-0.39, 0.29) is 5.56 Å². The number of anilines is 2. The minimum Gasteiger partial charge on any atom is -0.478 e. The van der Waals surface area contributed by atoms with Crippen molar-refractivity contribution in [2.24, 2.45) is 0 Å². The lowest BCUT2D eigenvalue weighted by molar-refractivity contribution is 0.0698. The first kappa shape index (κ1) is 14.6. The fraction of sp³-hybridized carbons (Fsp3) is 0.0588. The highest BCUT2D eigenvalue weighted by Crippen LogP contribution is 2.22. The maximum atomic E-state index is 11.3. The van der Waals surface area contributed by atoms with Crippen LogP contribution in [0.4, 0.5) is 11.6 Å². The van der Waals surface area contributed by atoms with Crippen molar-refractivity contribution >= 4 is 17.6 Å². The number of carboxylic acid groups (broad SMARTS) is 1. The average Bonchev–Trinajstić information content (AvgIpc) is 2.56. The SMILES string of the molecule is Cc1ccc(C(=O)O)c(Nc2ncc(-c3cccnc3)cn2)c1. The van der Waals surface area contributed by atoms with Crippen LogP contribution >= 0.6 is 0 Å². The van der Waals surface area contributed by atoms with Crippen LogP contribution in [0.5, 0.6) is 0 Å². The fourth-order valence-electron chi connectivity index (χ4n) is 2.14. The lowest BCUT2D eigenvalue weighted by Gasteiger charge is -2.09. The number of pyridine rings is 1. The van der Waals surface area contributed by atoms with Crippen molar-refractivity contribution in [3.05, 3.63) is 66.2 Å². The summed E-state index contributed by atoms with van der Waals surface area (Å²) in [5, 5.41) is 12.2. The molecule has 2 aromatic heterocycles. The minimum atomic E-state index is -1.00. The number of hydrogen-bond donors (Lipinski definition) is 2. The summed E-state index contributed by atoms with van der Waals surface area (Å²) in [5.74, 6) is -0.662. The van der Waals surface area contributed by atoms with Crippen molar-refractivity contribution in [3.63, 3.8) is 0 Å². The van der Waals surface area contributed by atoms with Gasteiger partial charge in [-0.25, -0.2) is 14.8 Å². The van der Waals surface area contributed by atoms with E-state index in [0.717, 1.165) is 16.7 Å². The molecule has 0 unspecified atom stereocenters. The van der Waals surface area contributed by atoms with Gasteiger partial charge in [-0.05, 0) is 30.7 Å². The Morgan fingerprint density at radius 2 is 1.87 bits per heavy atom. The number of aromatic nitrogens is 3. The predicted molar refractivity (Wildman–Crippen MR) is 86.7 cm³/mol. The molecule has 0 aliphatic heterocycles. The smallest absolute Gasteiger partial charge is 0.337 e. The largest absolute Gasteiger partial charge is 0.478 e. The second-order valence-corrected chi connectivity index (χ2v) is 5.02. The van der Waals surface area contributed by atoms with E-state index in [1.165, 1.54) is 0 Å². The Morgan fingerprint density at radius 1 is 1.09 bits per heavy atom. The van der Waals surface area contributed by atoms with Gasteiger partial charge in [-0.15, -0.1) is 0 Å². The standard InChI is InChI=1S/C17H14N4O2/c1-11-4-5-14(16(22)23)15(7-11)21-17-19-9-13(10-20-17)12-3-2-6-18-8-12/h2-10H,1H3,(H,22,23)(H,19,20,21). The molecule has 0 spiro atoms. The second kappa shape index (κ2) is 6.23. The van der Waals surface area contributed by atoms with E-state index in [1.54, 1.807) is 43.0 Å². The molecule has 2 heterocycles. The second-order valence-electron chi connectivity index (χ2n) is 5.02. The van der Waals surface area contributed by atoms with Gasteiger partial charge in [0.2, 0.25) is 5.95 Å². The molecule has 114 valence electrons. The molecule has 0 saturated carbocycles. The monoisotopic (exact) mass is 306 g/mol. The fourth-order valence-corrected chi connectivity index (χ4v) is 2.14. The summed E-state index contributed by atoms with van der Waals surface area (Å²) in [6.45, 7) is 1.89. The molecule has 6 heteroatoms. The molecule has 23 heavy (non-hydrogen) atoms. The number of benzene rings is 1. The molecule has 6 nitrogen and oxygen atoms in total. The Kier molecular flexibility index (Phi) is 3.97. The summed E-state index contributed by atoms with van der Waals surface area (Å²) in [5.41, 5.74) is 3.35. The number of carboxylic acids is 1. The zero-order valence-electron chi connectivity index (χ0n) is 12.4. The molecule has 0 saturated heterocycles. The van der Waals surface area contributed by atoms with Crippen molar-refractivity contribution < 1.29 is 9.90 Å². The Morgan fingerprint density at radius 3 is 2.52 bits per heavy atom. The van der Waals surface area contributed by atoms with E-state index in [0.29, 0.717) is 11.6 Å². The molecule has 3 rings (SSSR count). The third-order valence-electron chi connectivity index (χ3n) is 3.30. The highest BCUT2D eigenvalue weighted by molar-refractivity contribution is 5.95. The van der Waals surface area contributed by atoms with E-state index in [1.807, 2.05) is 19.1 Å². The summed E-state index contributed by atoms with van der Waals surface area (Å²) in [7, 11) is 0. The number of aryl methyl sites for hydroxylation is 1. The predicted octanol–water partition coefficient (Wildman–Crippen LogP) is 3.29. The van der Waals surface area contributed by atoms with E-state index < -0.39 is 5.97 Å². The van der Waals surface area contributed by atoms with E-state index in [4.69, 9.17) is 0 Å². The zero-order valence-corrected chi connectivity index (χ0v) is 12.4. The Bertz CT molecular complexity index is 833. The zero-order chi connectivity index (χ0) is 16.2. The molecular formula is C17H14N4O2. The van der Waals surface area contributed by atoms with Crippen LogP contribution in [-0.2, 0) is 0 Å². The van der Waals surface area contributed by atoms with Gasteiger partial charge in [0.25, 0.3) is 0 Å². The number of aromatic carboxylic acids is 1. The molecule has 0 aliphatic rings. The average molecular weight is 306 g/mol. The molecule has 2 N–H and O–H groups in total. The molecule has 0 aliphatic carbocycles. The molecule has 0 radical (unpaired) electrons. The molecule has 0 atom stereocenters. The third kappa shape index (κ3) is 3.32. The first-order valence-corrected chi connectivity index (χ1v) is 6.97. The van der Waals surface area contributed by atoms with Crippen LogP contribution in [0, 0.1) is 6.92 Å². The lowest BCUT2D eigenvalue weighted by Crippen LogP contribution is -2.05. The molecule has 1 aromatic carbocycles. The van der Waals surface area contributed by atoms with Crippen LogP contribution < -0.4 is 5.32 Å². The van der Waals surface area contributed by atoms with Gasteiger partial charge in [0, 0.05) is 35.9 Å². The van der Waals surface area contributed by atoms with Gasteiger partial charge in [-0.3, -0.25) is 4.98 Å². The molecule has 0 amide bonds. The molecule has 0 bridgehead atoms. The van der Waals surface area contributed by atoms with Gasteiger partial charge in [-0.2, -0.15) is 0 Å². The van der Waals surface area contributed by atoms with Crippen LogP contribution in [0.1, 0.15) is 15.9 Å².